The third-order valence-electron chi connectivity index (χ3n) is 3.09. The average Bonchev–Trinajstić information content (AvgIpc) is 2.29. The van der Waals surface area contributed by atoms with Gasteiger partial charge in [-0.15, -0.1) is 0 Å². The summed E-state index contributed by atoms with van der Waals surface area (Å²) in [5.74, 6) is 0. The summed E-state index contributed by atoms with van der Waals surface area (Å²) in [6, 6.07) is 7.96. The third kappa shape index (κ3) is 2.80. The number of benzene rings is 1. The molecule has 0 aliphatic rings. The van der Waals surface area contributed by atoms with Crippen LogP contribution in [-0.4, -0.2) is 0 Å². The number of hydrogen-bond acceptors (Lipinski definition) is 0. The summed E-state index contributed by atoms with van der Waals surface area (Å²) in [5, 5.41) is 0. The summed E-state index contributed by atoms with van der Waals surface area (Å²) >= 11 is 0. The van der Waals surface area contributed by atoms with Crippen molar-refractivity contribution in [2.24, 2.45) is 0 Å². The number of rotatable bonds is 5. The van der Waals surface area contributed by atoms with Gasteiger partial charge >= 0.3 is 0 Å². The van der Waals surface area contributed by atoms with Crippen LogP contribution in [0.1, 0.15) is 51.2 Å². The molecule has 1 rings (SSSR count). The molecule has 1 heteroatoms. The van der Waals surface area contributed by atoms with Gasteiger partial charge in [0.15, 0.2) is 0 Å². The van der Waals surface area contributed by atoms with E-state index in [0.717, 1.165) is 18.4 Å². The highest BCUT2D eigenvalue weighted by molar-refractivity contribution is 5.27. The van der Waals surface area contributed by atoms with Crippen LogP contribution in [-0.2, 0) is 12.1 Å². The van der Waals surface area contributed by atoms with Crippen LogP contribution in [0.3, 0.4) is 0 Å². The van der Waals surface area contributed by atoms with E-state index in [4.69, 9.17) is 0 Å². The van der Waals surface area contributed by atoms with Crippen LogP contribution in [0, 0.1) is 0 Å². The molecule has 84 valence electrons. The Bertz CT molecular complexity index is 289. The second kappa shape index (κ2) is 5.29. The van der Waals surface area contributed by atoms with Gasteiger partial charge in [0.25, 0.3) is 0 Å². The van der Waals surface area contributed by atoms with Crippen LogP contribution in [0.4, 0.5) is 4.39 Å². The van der Waals surface area contributed by atoms with E-state index in [-0.39, 0.29) is 0 Å². The van der Waals surface area contributed by atoms with Gasteiger partial charge in [-0.1, -0.05) is 51.5 Å². The van der Waals surface area contributed by atoms with Crippen molar-refractivity contribution in [3.8, 4) is 0 Å². The van der Waals surface area contributed by atoms with Crippen LogP contribution < -0.4 is 0 Å². The molecule has 0 bridgehead atoms. The second-order valence-corrected chi connectivity index (χ2v) is 4.12. The normalized spacial score (nSPS) is 14.9. The largest absolute Gasteiger partial charge is 0.239 e. The van der Waals surface area contributed by atoms with Gasteiger partial charge < -0.3 is 0 Å². The third-order valence-corrected chi connectivity index (χ3v) is 3.09. The molecule has 1 aromatic carbocycles. The van der Waals surface area contributed by atoms with Crippen molar-refractivity contribution in [3.63, 3.8) is 0 Å². The van der Waals surface area contributed by atoms with Gasteiger partial charge in [0.1, 0.15) is 5.67 Å². The highest BCUT2D eigenvalue weighted by Gasteiger charge is 2.28. The van der Waals surface area contributed by atoms with Gasteiger partial charge in [0.2, 0.25) is 0 Å². The molecule has 0 radical (unpaired) electrons. The number of alkyl halides is 1. The lowest BCUT2D eigenvalue weighted by atomic mass is 9.88. The molecule has 0 aliphatic heterocycles. The van der Waals surface area contributed by atoms with Gasteiger partial charge in [0, 0.05) is 0 Å². The Morgan fingerprint density at radius 2 is 1.67 bits per heavy atom. The minimum atomic E-state index is -1.12. The molecule has 0 saturated carbocycles. The van der Waals surface area contributed by atoms with E-state index in [1.54, 1.807) is 0 Å². The first-order valence-corrected chi connectivity index (χ1v) is 5.94. The van der Waals surface area contributed by atoms with Crippen molar-refractivity contribution >= 4 is 0 Å². The van der Waals surface area contributed by atoms with Gasteiger partial charge in [-0.3, -0.25) is 0 Å². The van der Waals surface area contributed by atoms with Crippen molar-refractivity contribution in [2.45, 2.75) is 52.1 Å². The second-order valence-electron chi connectivity index (χ2n) is 4.12. The standard InChI is InChI=1S/C14H21F/c1-4-11-14(15,6-3)13-9-7-12(5-2)8-10-13/h7-10H,4-6,11H2,1-3H3. The maximum Gasteiger partial charge on any atom is 0.135 e. The number of aryl methyl sites for hydroxylation is 1. The van der Waals surface area contributed by atoms with Crippen molar-refractivity contribution in [2.75, 3.05) is 0 Å². The van der Waals surface area contributed by atoms with E-state index in [9.17, 15) is 4.39 Å². The lowest BCUT2D eigenvalue weighted by Gasteiger charge is -2.24. The Morgan fingerprint density at radius 3 is 2.07 bits per heavy atom. The predicted molar refractivity (Wildman–Crippen MR) is 63.8 cm³/mol. The Labute approximate surface area is 92.5 Å². The van der Waals surface area contributed by atoms with Crippen molar-refractivity contribution in [1.29, 1.82) is 0 Å². The maximum atomic E-state index is 14.5. The summed E-state index contributed by atoms with van der Waals surface area (Å²) in [4.78, 5) is 0. The SMILES string of the molecule is CCCC(F)(CC)c1ccc(CC)cc1. The molecule has 0 amide bonds. The summed E-state index contributed by atoms with van der Waals surface area (Å²) < 4.78 is 14.5. The van der Waals surface area contributed by atoms with Gasteiger partial charge in [-0.05, 0) is 30.4 Å². The lowest BCUT2D eigenvalue weighted by molar-refractivity contribution is 0.142. The zero-order valence-corrected chi connectivity index (χ0v) is 10.0. The van der Waals surface area contributed by atoms with Crippen LogP contribution in [0.15, 0.2) is 24.3 Å². The Kier molecular flexibility index (Phi) is 4.31. The van der Waals surface area contributed by atoms with Crippen molar-refractivity contribution in [1.82, 2.24) is 0 Å². The lowest BCUT2D eigenvalue weighted by Crippen LogP contribution is -2.18. The highest BCUT2D eigenvalue weighted by Crippen LogP contribution is 2.34. The van der Waals surface area contributed by atoms with Gasteiger partial charge in [-0.25, -0.2) is 4.39 Å². The fraction of sp³-hybridized carbons (Fsp3) is 0.571. The Hall–Kier alpha value is -0.850. The zero-order chi connectivity index (χ0) is 11.3. The highest BCUT2D eigenvalue weighted by atomic mass is 19.1. The number of halogens is 1. The van der Waals surface area contributed by atoms with Crippen LogP contribution in [0.25, 0.3) is 0 Å². The monoisotopic (exact) mass is 208 g/mol. The fourth-order valence-electron chi connectivity index (χ4n) is 1.96. The van der Waals surface area contributed by atoms with E-state index in [2.05, 4.69) is 6.92 Å². The molecule has 0 saturated heterocycles. The summed E-state index contributed by atoms with van der Waals surface area (Å²) in [6.07, 6.45) is 3.08. The minimum absolute atomic E-state index is 0.562. The zero-order valence-electron chi connectivity index (χ0n) is 10.0. The Balaban J connectivity index is 2.92. The predicted octanol–water partition coefficient (Wildman–Crippen LogP) is 4.62. The first kappa shape index (κ1) is 12.2. The average molecular weight is 208 g/mol. The molecule has 0 nitrogen and oxygen atoms in total. The first-order chi connectivity index (χ1) is 7.16. The summed E-state index contributed by atoms with van der Waals surface area (Å²) in [5.41, 5.74) is 0.985. The molecule has 0 spiro atoms. The molecule has 15 heavy (non-hydrogen) atoms. The van der Waals surface area contributed by atoms with Gasteiger partial charge in [0.05, 0.1) is 0 Å². The topological polar surface area (TPSA) is 0 Å². The fourth-order valence-corrected chi connectivity index (χ4v) is 1.96. The molecule has 0 heterocycles. The molecule has 0 fully saturated rings. The molecular weight excluding hydrogens is 187 g/mol. The maximum absolute atomic E-state index is 14.5. The molecule has 1 unspecified atom stereocenters. The van der Waals surface area contributed by atoms with E-state index >= 15 is 0 Å². The minimum Gasteiger partial charge on any atom is -0.239 e. The van der Waals surface area contributed by atoms with Crippen molar-refractivity contribution in [3.05, 3.63) is 35.4 Å². The van der Waals surface area contributed by atoms with Gasteiger partial charge in [-0.2, -0.15) is 0 Å². The molecule has 0 aromatic heterocycles. The molecule has 0 aliphatic carbocycles. The first-order valence-electron chi connectivity index (χ1n) is 5.94. The quantitative estimate of drug-likeness (QED) is 0.662. The van der Waals surface area contributed by atoms with E-state index in [1.165, 1.54) is 5.56 Å². The van der Waals surface area contributed by atoms with E-state index in [1.807, 2.05) is 38.1 Å². The van der Waals surface area contributed by atoms with E-state index in [0.29, 0.717) is 12.8 Å². The smallest absolute Gasteiger partial charge is 0.135 e. The van der Waals surface area contributed by atoms with Crippen LogP contribution in [0.5, 0.6) is 0 Å². The molecule has 1 atom stereocenters. The molecule has 0 N–H and O–H groups in total. The Morgan fingerprint density at radius 1 is 1.07 bits per heavy atom. The number of hydrogen-bond donors (Lipinski definition) is 0. The molecular formula is C14H21F. The van der Waals surface area contributed by atoms with Crippen molar-refractivity contribution < 1.29 is 4.39 Å². The van der Waals surface area contributed by atoms with Crippen LogP contribution >= 0.6 is 0 Å². The summed E-state index contributed by atoms with van der Waals surface area (Å²) in [6.45, 7) is 6.07. The summed E-state index contributed by atoms with van der Waals surface area (Å²) in [7, 11) is 0. The molecule has 1 aromatic rings. The van der Waals surface area contributed by atoms with Crippen LogP contribution in [0.2, 0.25) is 0 Å². The van der Waals surface area contributed by atoms with E-state index < -0.39 is 5.67 Å².